The van der Waals surface area contributed by atoms with Crippen LogP contribution in [0.15, 0.2) is 6.07 Å². The highest BCUT2D eigenvalue weighted by molar-refractivity contribution is 6.28. The van der Waals surface area contributed by atoms with Crippen LogP contribution in [0.2, 0.25) is 5.28 Å². The summed E-state index contributed by atoms with van der Waals surface area (Å²) in [6.07, 6.45) is 2.52. The van der Waals surface area contributed by atoms with Gasteiger partial charge in [0.15, 0.2) is 0 Å². The lowest BCUT2D eigenvalue weighted by molar-refractivity contribution is 0.232. The van der Waals surface area contributed by atoms with Crippen molar-refractivity contribution < 1.29 is 4.74 Å². The highest BCUT2D eigenvalue weighted by Crippen LogP contribution is 2.40. The van der Waals surface area contributed by atoms with Crippen LogP contribution in [0.4, 0.5) is 0 Å². The van der Waals surface area contributed by atoms with E-state index in [0.29, 0.717) is 11.8 Å². The van der Waals surface area contributed by atoms with Crippen LogP contribution in [0, 0.1) is 0 Å². The molecule has 1 saturated carbocycles. The third-order valence-corrected chi connectivity index (χ3v) is 2.22. The zero-order valence-electron chi connectivity index (χ0n) is 8.33. The van der Waals surface area contributed by atoms with E-state index in [1.54, 1.807) is 0 Å². The van der Waals surface area contributed by atoms with Gasteiger partial charge in [-0.2, -0.15) is 4.98 Å². The minimum atomic E-state index is 0.119. The zero-order valence-corrected chi connectivity index (χ0v) is 9.08. The zero-order chi connectivity index (χ0) is 10.1. The van der Waals surface area contributed by atoms with Gasteiger partial charge in [0.05, 0.1) is 11.8 Å². The van der Waals surface area contributed by atoms with Crippen LogP contribution in [0.5, 0.6) is 5.88 Å². The molecular weight excluding hydrogens is 200 g/mol. The summed E-state index contributed by atoms with van der Waals surface area (Å²) in [6.45, 7) is 3.93. The number of rotatable bonds is 3. The fraction of sp³-hybridized carbons (Fsp3) is 0.600. The number of nitrogens with zero attached hydrogens (tertiary/aromatic N) is 2. The normalized spacial score (nSPS) is 16.0. The van der Waals surface area contributed by atoms with Crippen LogP contribution in [-0.4, -0.2) is 16.1 Å². The summed E-state index contributed by atoms with van der Waals surface area (Å²) in [7, 11) is 0. The molecule has 1 aromatic rings. The molecule has 0 spiro atoms. The third kappa shape index (κ3) is 2.35. The molecule has 0 bridgehead atoms. The van der Waals surface area contributed by atoms with Crippen LogP contribution in [0.1, 0.15) is 38.3 Å². The molecule has 0 saturated heterocycles. The molecule has 2 rings (SSSR count). The highest BCUT2D eigenvalue weighted by Gasteiger charge is 2.26. The second kappa shape index (κ2) is 3.73. The van der Waals surface area contributed by atoms with Crippen molar-refractivity contribution in [2.45, 2.75) is 38.7 Å². The Bertz CT molecular complexity index is 337. The maximum atomic E-state index is 5.80. The van der Waals surface area contributed by atoms with Gasteiger partial charge in [-0.05, 0) is 38.3 Å². The Labute approximate surface area is 88.5 Å². The summed E-state index contributed by atoms with van der Waals surface area (Å²) in [5.41, 5.74) is 1.01. The predicted molar refractivity (Wildman–Crippen MR) is 54.8 cm³/mol. The van der Waals surface area contributed by atoms with Crippen molar-refractivity contribution in [3.8, 4) is 5.88 Å². The first kappa shape index (κ1) is 9.71. The maximum absolute atomic E-state index is 5.80. The summed E-state index contributed by atoms with van der Waals surface area (Å²) in [6, 6.07) is 1.89. The van der Waals surface area contributed by atoms with E-state index < -0.39 is 0 Å². The summed E-state index contributed by atoms with van der Waals surface area (Å²) in [5.74, 6) is 1.16. The lowest BCUT2D eigenvalue weighted by Crippen LogP contribution is -2.08. The van der Waals surface area contributed by atoms with E-state index in [2.05, 4.69) is 9.97 Å². The maximum Gasteiger partial charge on any atom is 0.225 e. The average Bonchev–Trinajstić information content (AvgIpc) is 2.82. The predicted octanol–water partition coefficient (Wildman–Crippen LogP) is 2.79. The van der Waals surface area contributed by atoms with Gasteiger partial charge in [-0.15, -0.1) is 0 Å². The summed E-state index contributed by atoms with van der Waals surface area (Å²) >= 11 is 5.80. The Morgan fingerprint density at radius 2 is 2.14 bits per heavy atom. The molecule has 1 aliphatic carbocycles. The van der Waals surface area contributed by atoms with E-state index in [1.165, 1.54) is 12.8 Å². The number of aromatic nitrogens is 2. The minimum absolute atomic E-state index is 0.119. The smallest absolute Gasteiger partial charge is 0.225 e. The van der Waals surface area contributed by atoms with E-state index in [0.717, 1.165) is 5.69 Å². The molecule has 0 N–H and O–H groups in total. The van der Waals surface area contributed by atoms with Gasteiger partial charge in [-0.1, -0.05) is 0 Å². The Balaban J connectivity index is 2.22. The van der Waals surface area contributed by atoms with Crippen molar-refractivity contribution in [3.05, 3.63) is 17.0 Å². The average molecular weight is 213 g/mol. The van der Waals surface area contributed by atoms with Crippen molar-refractivity contribution in [2.24, 2.45) is 0 Å². The van der Waals surface area contributed by atoms with Gasteiger partial charge >= 0.3 is 0 Å². The monoisotopic (exact) mass is 212 g/mol. The molecule has 0 unspecified atom stereocenters. The Morgan fingerprint density at radius 1 is 1.43 bits per heavy atom. The van der Waals surface area contributed by atoms with Crippen LogP contribution in [0.25, 0.3) is 0 Å². The number of ether oxygens (including phenoxy) is 1. The second-order valence-corrected chi connectivity index (χ2v) is 4.18. The van der Waals surface area contributed by atoms with Crippen LogP contribution in [0.3, 0.4) is 0 Å². The van der Waals surface area contributed by atoms with Crippen molar-refractivity contribution in [3.63, 3.8) is 0 Å². The largest absolute Gasteiger partial charge is 0.475 e. The van der Waals surface area contributed by atoms with Crippen molar-refractivity contribution in [1.29, 1.82) is 0 Å². The van der Waals surface area contributed by atoms with Gasteiger partial charge < -0.3 is 4.74 Å². The molecule has 1 heterocycles. The van der Waals surface area contributed by atoms with Crippen molar-refractivity contribution >= 4 is 11.6 Å². The van der Waals surface area contributed by atoms with Gasteiger partial charge in [0.2, 0.25) is 11.2 Å². The van der Waals surface area contributed by atoms with Crippen LogP contribution in [-0.2, 0) is 0 Å². The highest BCUT2D eigenvalue weighted by atomic mass is 35.5. The Kier molecular flexibility index (Phi) is 2.59. The van der Waals surface area contributed by atoms with Crippen LogP contribution < -0.4 is 4.74 Å². The van der Waals surface area contributed by atoms with Crippen molar-refractivity contribution in [1.82, 2.24) is 9.97 Å². The van der Waals surface area contributed by atoms with Crippen molar-refractivity contribution in [2.75, 3.05) is 0 Å². The fourth-order valence-electron chi connectivity index (χ4n) is 1.30. The van der Waals surface area contributed by atoms with Crippen LogP contribution >= 0.6 is 11.6 Å². The lowest BCUT2D eigenvalue weighted by atomic mass is 10.3. The minimum Gasteiger partial charge on any atom is -0.475 e. The molecule has 1 aromatic heterocycles. The number of halogens is 1. The lowest BCUT2D eigenvalue weighted by Gasteiger charge is -2.09. The van der Waals surface area contributed by atoms with E-state index >= 15 is 0 Å². The molecule has 0 aliphatic heterocycles. The van der Waals surface area contributed by atoms with E-state index in [1.807, 2.05) is 19.9 Å². The number of hydrogen-bond donors (Lipinski definition) is 0. The van der Waals surface area contributed by atoms with Gasteiger partial charge in [-0.25, -0.2) is 4.98 Å². The van der Waals surface area contributed by atoms with Gasteiger partial charge in [-0.3, -0.25) is 0 Å². The molecule has 14 heavy (non-hydrogen) atoms. The Morgan fingerprint density at radius 3 is 2.71 bits per heavy atom. The standard InChI is InChI=1S/C10H13ClN2O/c1-6(2)14-9-5-8(7-3-4-7)12-10(11)13-9/h5-7H,3-4H2,1-2H3. The van der Waals surface area contributed by atoms with E-state index in [-0.39, 0.29) is 11.4 Å². The van der Waals surface area contributed by atoms with Gasteiger partial charge in [0, 0.05) is 12.0 Å². The second-order valence-electron chi connectivity index (χ2n) is 3.84. The molecule has 76 valence electrons. The molecule has 0 amide bonds. The molecular formula is C10H13ClN2O. The van der Waals surface area contributed by atoms with Gasteiger partial charge in [0.1, 0.15) is 0 Å². The van der Waals surface area contributed by atoms with E-state index in [4.69, 9.17) is 16.3 Å². The Hall–Kier alpha value is -0.830. The quantitative estimate of drug-likeness (QED) is 0.723. The first-order chi connectivity index (χ1) is 6.65. The van der Waals surface area contributed by atoms with Gasteiger partial charge in [0.25, 0.3) is 0 Å². The molecule has 4 heteroatoms. The van der Waals surface area contributed by atoms with E-state index in [9.17, 15) is 0 Å². The SMILES string of the molecule is CC(C)Oc1cc(C2CC2)nc(Cl)n1. The molecule has 0 atom stereocenters. The number of hydrogen-bond acceptors (Lipinski definition) is 3. The third-order valence-electron chi connectivity index (χ3n) is 2.05. The summed E-state index contributed by atoms with van der Waals surface area (Å²) in [5, 5.41) is 0.282. The first-order valence-corrected chi connectivity index (χ1v) is 5.24. The first-order valence-electron chi connectivity index (χ1n) is 4.86. The molecule has 1 fully saturated rings. The molecule has 0 radical (unpaired) electrons. The molecule has 3 nitrogen and oxygen atoms in total. The summed E-state index contributed by atoms with van der Waals surface area (Å²) in [4.78, 5) is 8.19. The topological polar surface area (TPSA) is 35.0 Å². The summed E-state index contributed by atoms with van der Waals surface area (Å²) < 4.78 is 5.48. The molecule has 0 aromatic carbocycles. The molecule has 1 aliphatic rings. The fourth-order valence-corrected chi connectivity index (χ4v) is 1.48.